The number of aliphatic imine (C=N–C) groups is 1. The van der Waals surface area contributed by atoms with Crippen LogP contribution in [0.1, 0.15) is 48.0 Å². The van der Waals surface area contributed by atoms with Crippen molar-refractivity contribution in [3.05, 3.63) is 35.2 Å². The van der Waals surface area contributed by atoms with E-state index in [1.807, 2.05) is 26.1 Å². The van der Waals surface area contributed by atoms with Crippen LogP contribution in [0, 0.1) is 11.8 Å². The van der Waals surface area contributed by atoms with Crippen molar-refractivity contribution in [2.45, 2.75) is 48.0 Å². The molecule has 22 heavy (non-hydrogen) atoms. The summed E-state index contributed by atoms with van der Waals surface area (Å²) in [6.45, 7) is 16.2. The van der Waals surface area contributed by atoms with Gasteiger partial charge in [-0.25, -0.2) is 0 Å². The molecule has 4 nitrogen and oxygen atoms in total. The van der Waals surface area contributed by atoms with Crippen LogP contribution >= 0.6 is 0 Å². The Balaban J connectivity index is 5.67. The van der Waals surface area contributed by atoms with Gasteiger partial charge in [-0.15, -0.1) is 0 Å². The highest BCUT2D eigenvalue weighted by Gasteiger charge is 2.16. The largest absolute Gasteiger partial charge is 0.399 e. The fourth-order valence-corrected chi connectivity index (χ4v) is 1.87. The molecule has 124 valence electrons. The van der Waals surface area contributed by atoms with Crippen LogP contribution < -0.4 is 5.73 Å². The summed E-state index contributed by atoms with van der Waals surface area (Å²) in [6.07, 6.45) is 4.66. The number of allylic oxidation sites excluding steroid dienone is 3. The summed E-state index contributed by atoms with van der Waals surface area (Å²) in [4.78, 5) is 9.44. The lowest BCUT2D eigenvalue weighted by Crippen LogP contribution is -2.18. The monoisotopic (exact) mass is 305 g/mol. The number of rotatable bonds is 8. The molecule has 0 fully saturated rings. The summed E-state index contributed by atoms with van der Waals surface area (Å²) in [6, 6.07) is 0. The predicted octanol–water partition coefficient (Wildman–Crippen LogP) is 4.45. The average Bonchev–Trinajstić information content (AvgIpc) is 2.43. The van der Waals surface area contributed by atoms with E-state index < -0.39 is 0 Å². The van der Waals surface area contributed by atoms with Crippen molar-refractivity contribution >= 4 is 11.9 Å². The molecule has 0 aromatic rings. The molecule has 0 unspecified atom stereocenters. The van der Waals surface area contributed by atoms with Crippen molar-refractivity contribution in [3.8, 4) is 0 Å². The molecule has 0 aromatic carbocycles. The minimum absolute atomic E-state index is 0.283. The van der Waals surface area contributed by atoms with Gasteiger partial charge in [0, 0.05) is 18.3 Å². The smallest absolute Gasteiger partial charge is 0.128 e. The summed E-state index contributed by atoms with van der Waals surface area (Å²) >= 11 is 0. The van der Waals surface area contributed by atoms with E-state index in [-0.39, 0.29) is 5.92 Å². The zero-order valence-corrected chi connectivity index (χ0v) is 15.1. The highest BCUT2D eigenvalue weighted by atomic mass is 16.6. The molecule has 0 saturated carbocycles. The fourth-order valence-electron chi connectivity index (χ4n) is 1.87. The molecule has 0 aliphatic rings. The van der Waals surface area contributed by atoms with E-state index >= 15 is 0 Å². The third kappa shape index (κ3) is 6.74. The molecule has 0 heterocycles. The summed E-state index contributed by atoms with van der Waals surface area (Å²) < 4.78 is 0. The molecule has 0 aliphatic heterocycles. The Kier molecular flexibility index (Phi) is 9.15. The second-order valence-electron chi connectivity index (χ2n) is 5.98. The molecular weight excluding hydrogens is 274 g/mol. The molecule has 4 heteroatoms. The number of nitrogens with zero attached hydrogens (tertiary/aromatic N) is 2. The van der Waals surface area contributed by atoms with Gasteiger partial charge in [0.05, 0.1) is 5.70 Å². The molecule has 0 spiro atoms. The van der Waals surface area contributed by atoms with E-state index in [0.29, 0.717) is 23.7 Å². The number of hydrogen-bond donors (Lipinski definition) is 1. The number of nitrogens with two attached hydrogens (primary N) is 1. The lowest BCUT2D eigenvalue weighted by molar-refractivity contribution is 0.213. The molecule has 0 amide bonds. The van der Waals surface area contributed by atoms with E-state index in [2.05, 4.69) is 44.4 Å². The Hall–Kier alpha value is -1.84. The van der Waals surface area contributed by atoms with Gasteiger partial charge in [-0.05, 0) is 36.8 Å². The Morgan fingerprint density at radius 3 is 2.23 bits per heavy atom. The zero-order chi connectivity index (χ0) is 17.3. The van der Waals surface area contributed by atoms with E-state index in [1.165, 1.54) is 7.11 Å². The first kappa shape index (κ1) is 20.2. The zero-order valence-electron chi connectivity index (χ0n) is 15.1. The second kappa shape index (κ2) is 9.98. The minimum Gasteiger partial charge on any atom is -0.399 e. The number of oxime groups is 1. The van der Waals surface area contributed by atoms with Gasteiger partial charge in [0.25, 0.3) is 0 Å². The van der Waals surface area contributed by atoms with Gasteiger partial charge in [-0.1, -0.05) is 45.5 Å². The van der Waals surface area contributed by atoms with Crippen molar-refractivity contribution in [1.29, 1.82) is 0 Å². The molecule has 0 rings (SSSR count). The second-order valence-corrected chi connectivity index (χ2v) is 5.98. The summed E-state index contributed by atoms with van der Waals surface area (Å²) in [5, 5.41) is 4.01. The third-order valence-corrected chi connectivity index (χ3v) is 3.13. The van der Waals surface area contributed by atoms with E-state index in [0.717, 1.165) is 16.8 Å². The van der Waals surface area contributed by atoms with Gasteiger partial charge < -0.3 is 10.6 Å². The Bertz CT molecular complexity index is 494. The third-order valence-electron chi connectivity index (χ3n) is 3.13. The van der Waals surface area contributed by atoms with Gasteiger partial charge >= 0.3 is 0 Å². The Labute approximate surface area is 135 Å². The Morgan fingerprint density at radius 2 is 1.86 bits per heavy atom. The van der Waals surface area contributed by atoms with Crippen LogP contribution in [0.2, 0.25) is 0 Å². The maximum absolute atomic E-state index is 6.34. The summed E-state index contributed by atoms with van der Waals surface area (Å²) in [7, 11) is 1.51. The van der Waals surface area contributed by atoms with Crippen LogP contribution in [0.25, 0.3) is 0 Å². The van der Waals surface area contributed by atoms with Crippen molar-refractivity contribution < 1.29 is 4.84 Å². The van der Waals surface area contributed by atoms with Gasteiger partial charge in [0.2, 0.25) is 0 Å². The first-order chi connectivity index (χ1) is 10.2. The van der Waals surface area contributed by atoms with Crippen LogP contribution in [0.5, 0.6) is 0 Å². The minimum atomic E-state index is 0.283. The van der Waals surface area contributed by atoms with Crippen LogP contribution in [-0.4, -0.2) is 19.0 Å². The van der Waals surface area contributed by atoms with Gasteiger partial charge in [0.1, 0.15) is 12.8 Å². The van der Waals surface area contributed by atoms with Gasteiger partial charge in [-0.2, -0.15) is 0 Å². The first-order valence-electron chi connectivity index (χ1n) is 7.69. The molecule has 2 N–H and O–H groups in total. The van der Waals surface area contributed by atoms with E-state index in [9.17, 15) is 0 Å². The number of hydrogen-bond acceptors (Lipinski definition) is 4. The summed E-state index contributed by atoms with van der Waals surface area (Å²) in [5.41, 5.74) is 10.4. The van der Waals surface area contributed by atoms with Crippen molar-refractivity contribution in [2.24, 2.45) is 27.7 Å². The lowest BCUT2D eigenvalue weighted by Gasteiger charge is -2.17. The topological polar surface area (TPSA) is 60.0 Å². The molecule has 0 radical (unpaired) electrons. The molecule has 0 aromatic heterocycles. The average molecular weight is 305 g/mol. The highest BCUT2D eigenvalue weighted by molar-refractivity contribution is 6.11. The molecule has 0 saturated heterocycles. The van der Waals surface area contributed by atoms with Crippen LogP contribution in [0.15, 0.2) is 45.3 Å². The molecule has 0 bridgehead atoms. The maximum Gasteiger partial charge on any atom is 0.128 e. The van der Waals surface area contributed by atoms with E-state index in [4.69, 9.17) is 10.6 Å². The lowest BCUT2D eigenvalue weighted by atomic mass is 9.93. The normalized spacial score (nSPS) is 14.8. The van der Waals surface area contributed by atoms with Crippen LogP contribution in [-0.2, 0) is 4.84 Å². The summed E-state index contributed by atoms with van der Waals surface area (Å²) in [5.74, 6) is 0.699. The predicted molar refractivity (Wildman–Crippen MR) is 97.0 cm³/mol. The van der Waals surface area contributed by atoms with E-state index in [1.54, 1.807) is 0 Å². The SMILES string of the molecule is C=C(C)C(=N\OC)/C(N)=C(/C/C(=C/C)N=CC(C)C)C(C)C. The van der Waals surface area contributed by atoms with Crippen LogP contribution in [0.4, 0.5) is 0 Å². The molecule has 0 atom stereocenters. The highest BCUT2D eigenvalue weighted by Crippen LogP contribution is 2.24. The Morgan fingerprint density at radius 1 is 1.27 bits per heavy atom. The van der Waals surface area contributed by atoms with Crippen molar-refractivity contribution in [2.75, 3.05) is 7.11 Å². The van der Waals surface area contributed by atoms with Crippen molar-refractivity contribution in [1.82, 2.24) is 0 Å². The van der Waals surface area contributed by atoms with Crippen LogP contribution in [0.3, 0.4) is 0 Å². The van der Waals surface area contributed by atoms with Gasteiger partial charge in [0.15, 0.2) is 0 Å². The quantitative estimate of drug-likeness (QED) is 0.532. The first-order valence-corrected chi connectivity index (χ1v) is 7.69. The fraction of sp³-hybridized carbons (Fsp3) is 0.556. The maximum atomic E-state index is 6.34. The standard InChI is InChI=1S/C18H31N3O/c1-9-15(20-11-12(2)3)10-16(13(4)5)17(19)18(14(6)7)21-22-8/h9,11-13H,6,10,19H2,1-5,7-8H3/b15-9-,17-16+,20-11?,21-18+. The van der Waals surface area contributed by atoms with Gasteiger partial charge in [-0.3, -0.25) is 4.99 Å². The molecule has 0 aliphatic carbocycles. The molecular formula is C18H31N3O. The van der Waals surface area contributed by atoms with Crippen molar-refractivity contribution in [3.63, 3.8) is 0 Å².